The molecule has 0 aromatic carbocycles. The Kier molecular flexibility index (Phi) is 4.38. The van der Waals surface area contributed by atoms with E-state index in [1.54, 1.807) is 6.26 Å². The molecular weight excluding hydrogens is 278 g/mol. The van der Waals surface area contributed by atoms with Crippen molar-refractivity contribution in [3.05, 3.63) is 18.0 Å². The van der Waals surface area contributed by atoms with Crippen LogP contribution in [0.3, 0.4) is 0 Å². The van der Waals surface area contributed by atoms with Crippen molar-refractivity contribution in [3.8, 4) is 0 Å². The second-order valence-corrected chi connectivity index (χ2v) is 7.07. The monoisotopic (exact) mass is 305 g/mol. The Bertz CT molecular complexity index is 503. The van der Waals surface area contributed by atoms with E-state index in [2.05, 4.69) is 39.1 Å². The third-order valence-electron chi connectivity index (χ3n) is 4.98. The number of aromatic nitrogens is 1. The lowest BCUT2D eigenvalue weighted by Crippen LogP contribution is -2.52. The Balaban J connectivity index is 1.43. The lowest BCUT2D eigenvalue weighted by molar-refractivity contribution is 0.169. The molecule has 0 amide bonds. The molecule has 2 heterocycles. The van der Waals surface area contributed by atoms with E-state index < -0.39 is 0 Å². The van der Waals surface area contributed by atoms with Gasteiger partial charge < -0.3 is 14.7 Å². The molecule has 1 atom stereocenters. The van der Waals surface area contributed by atoms with E-state index in [4.69, 9.17) is 4.52 Å². The Morgan fingerprint density at radius 2 is 2.14 bits per heavy atom. The van der Waals surface area contributed by atoms with Gasteiger partial charge in [-0.2, -0.15) is 0 Å². The standard InChI is InChI=1S/C16H27N5O/c1-16(2)10-13(16)11-18-15(17-3)21-7-5-20(6-8-21)12-14-4-9-22-19-14/h4,9,13H,5-8,10-12H2,1-3H3,(H,17,18). The molecule has 6 nitrogen and oxygen atoms in total. The average molecular weight is 305 g/mol. The van der Waals surface area contributed by atoms with Crippen LogP contribution in [-0.2, 0) is 6.54 Å². The highest BCUT2D eigenvalue weighted by atomic mass is 16.5. The number of nitrogens with one attached hydrogen (secondary N) is 1. The molecule has 0 spiro atoms. The molecule has 0 radical (unpaired) electrons. The second kappa shape index (κ2) is 6.28. The number of piperazine rings is 1. The van der Waals surface area contributed by atoms with Gasteiger partial charge in [-0.1, -0.05) is 19.0 Å². The van der Waals surface area contributed by atoms with Gasteiger partial charge in [0.1, 0.15) is 6.26 Å². The van der Waals surface area contributed by atoms with Gasteiger partial charge in [0.05, 0.1) is 5.69 Å². The van der Waals surface area contributed by atoms with E-state index in [1.807, 2.05) is 13.1 Å². The summed E-state index contributed by atoms with van der Waals surface area (Å²) in [6.07, 6.45) is 2.96. The number of nitrogens with zero attached hydrogens (tertiary/aromatic N) is 4. The first-order valence-electron chi connectivity index (χ1n) is 8.16. The van der Waals surface area contributed by atoms with Crippen LogP contribution in [0.1, 0.15) is 26.0 Å². The van der Waals surface area contributed by atoms with Gasteiger partial charge in [0.2, 0.25) is 0 Å². The fourth-order valence-electron chi connectivity index (χ4n) is 3.14. The average Bonchev–Trinajstić information content (AvgIpc) is 2.89. The Hall–Kier alpha value is -1.56. The largest absolute Gasteiger partial charge is 0.364 e. The van der Waals surface area contributed by atoms with Crippen LogP contribution in [0.5, 0.6) is 0 Å². The summed E-state index contributed by atoms with van der Waals surface area (Å²) in [6.45, 7) is 10.7. The van der Waals surface area contributed by atoms with Crippen LogP contribution in [0.15, 0.2) is 21.8 Å². The molecule has 1 aliphatic carbocycles. The molecule has 1 saturated carbocycles. The fourth-order valence-corrected chi connectivity index (χ4v) is 3.14. The van der Waals surface area contributed by atoms with Crippen molar-refractivity contribution in [1.82, 2.24) is 20.3 Å². The van der Waals surface area contributed by atoms with E-state index in [0.29, 0.717) is 5.41 Å². The zero-order chi connectivity index (χ0) is 15.6. The fraction of sp³-hybridized carbons (Fsp3) is 0.750. The summed E-state index contributed by atoms with van der Waals surface area (Å²) >= 11 is 0. The first-order chi connectivity index (χ1) is 10.6. The molecule has 1 aromatic rings. The normalized spacial score (nSPS) is 25.3. The lowest BCUT2D eigenvalue weighted by Gasteiger charge is -2.36. The number of hydrogen-bond donors (Lipinski definition) is 1. The van der Waals surface area contributed by atoms with Gasteiger partial charge in [-0.3, -0.25) is 9.89 Å². The SMILES string of the molecule is CN=C(NCC1CC1(C)C)N1CCN(Cc2ccon2)CC1. The molecule has 1 saturated heterocycles. The molecule has 1 aromatic heterocycles. The molecule has 2 fully saturated rings. The van der Waals surface area contributed by atoms with Gasteiger partial charge in [0.25, 0.3) is 0 Å². The quantitative estimate of drug-likeness (QED) is 0.673. The second-order valence-electron chi connectivity index (χ2n) is 7.07. The lowest BCUT2D eigenvalue weighted by atomic mass is 10.1. The van der Waals surface area contributed by atoms with Crippen LogP contribution in [0.2, 0.25) is 0 Å². The van der Waals surface area contributed by atoms with Crippen LogP contribution in [-0.4, -0.2) is 60.7 Å². The van der Waals surface area contributed by atoms with Crippen LogP contribution in [0, 0.1) is 11.3 Å². The minimum Gasteiger partial charge on any atom is -0.364 e. The van der Waals surface area contributed by atoms with Gasteiger partial charge in [-0.15, -0.1) is 0 Å². The molecule has 2 aliphatic rings. The number of guanidine groups is 1. The minimum atomic E-state index is 0.516. The topological polar surface area (TPSA) is 56.9 Å². The predicted octanol–water partition coefficient (Wildman–Crippen LogP) is 1.41. The molecule has 1 aliphatic heterocycles. The van der Waals surface area contributed by atoms with Crippen LogP contribution in [0.4, 0.5) is 0 Å². The highest BCUT2D eigenvalue weighted by Crippen LogP contribution is 2.50. The maximum Gasteiger partial charge on any atom is 0.193 e. The van der Waals surface area contributed by atoms with E-state index in [9.17, 15) is 0 Å². The number of aliphatic imine (C=N–C) groups is 1. The summed E-state index contributed by atoms with van der Waals surface area (Å²) in [5, 5.41) is 7.53. The zero-order valence-corrected chi connectivity index (χ0v) is 13.9. The van der Waals surface area contributed by atoms with Crippen LogP contribution in [0.25, 0.3) is 0 Å². The smallest absolute Gasteiger partial charge is 0.193 e. The summed E-state index contributed by atoms with van der Waals surface area (Å²) in [6, 6.07) is 1.93. The van der Waals surface area contributed by atoms with Crippen LogP contribution < -0.4 is 5.32 Å². The number of rotatable bonds is 4. The first kappa shape index (κ1) is 15.3. The van der Waals surface area contributed by atoms with Crippen molar-refractivity contribution >= 4 is 5.96 Å². The van der Waals surface area contributed by atoms with Gasteiger partial charge in [0.15, 0.2) is 5.96 Å². The van der Waals surface area contributed by atoms with Gasteiger partial charge >= 0.3 is 0 Å². The maximum atomic E-state index is 4.89. The minimum absolute atomic E-state index is 0.516. The molecular formula is C16H27N5O. The zero-order valence-electron chi connectivity index (χ0n) is 13.9. The molecule has 122 valence electrons. The van der Waals surface area contributed by atoms with Crippen molar-refractivity contribution in [3.63, 3.8) is 0 Å². The Morgan fingerprint density at radius 3 is 2.68 bits per heavy atom. The summed E-state index contributed by atoms with van der Waals surface area (Å²) in [5.74, 6) is 1.83. The predicted molar refractivity (Wildman–Crippen MR) is 86.6 cm³/mol. The van der Waals surface area contributed by atoms with Gasteiger partial charge in [-0.25, -0.2) is 0 Å². The molecule has 0 bridgehead atoms. The van der Waals surface area contributed by atoms with Gasteiger partial charge in [0, 0.05) is 52.4 Å². The molecule has 22 heavy (non-hydrogen) atoms. The molecule has 3 rings (SSSR count). The molecule has 1 unspecified atom stereocenters. The summed E-state index contributed by atoms with van der Waals surface area (Å²) in [7, 11) is 1.88. The summed E-state index contributed by atoms with van der Waals surface area (Å²) in [5.41, 5.74) is 1.52. The Morgan fingerprint density at radius 1 is 1.41 bits per heavy atom. The molecule has 1 N–H and O–H groups in total. The van der Waals surface area contributed by atoms with Crippen LogP contribution >= 0.6 is 0 Å². The third kappa shape index (κ3) is 3.61. The van der Waals surface area contributed by atoms with Crippen molar-refractivity contribution < 1.29 is 4.52 Å². The van der Waals surface area contributed by atoms with Crippen molar-refractivity contribution in [1.29, 1.82) is 0 Å². The van der Waals surface area contributed by atoms with E-state index in [-0.39, 0.29) is 0 Å². The highest BCUT2D eigenvalue weighted by Gasteiger charge is 2.45. The highest BCUT2D eigenvalue weighted by molar-refractivity contribution is 5.80. The van der Waals surface area contributed by atoms with Gasteiger partial charge in [-0.05, 0) is 17.8 Å². The maximum absolute atomic E-state index is 4.89. The first-order valence-corrected chi connectivity index (χ1v) is 8.16. The molecule has 6 heteroatoms. The van der Waals surface area contributed by atoms with Crippen molar-refractivity contribution in [2.45, 2.75) is 26.8 Å². The van der Waals surface area contributed by atoms with E-state index in [0.717, 1.165) is 56.8 Å². The third-order valence-corrected chi connectivity index (χ3v) is 4.98. The van der Waals surface area contributed by atoms with E-state index >= 15 is 0 Å². The van der Waals surface area contributed by atoms with Crippen molar-refractivity contribution in [2.75, 3.05) is 39.8 Å². The summed E-state index contributed by atoms with van der Waals surface area (Å²) < 4.78 is 4.89. The summed E-state index contributed by atoms with van der Waals surface area (Å²) in [4.78, 5) is 9.21. The van der Waals surface area contributed by atoms with E-state index in [1.165, 1.54) is 6.42 Å². The van der Waals surface area contributed by atoms with Crippen molar-refractivity contribution in [2.24, 2.45) is 16.3 Å². The number of hydrogen-bond acceptors (Lipinski definition) is 4. The Labute approximate surface area is 132 Å².